The number of thioether (sulfide) groups is 1. The summed E-state index contributed by atoms with van der Waals surface area (Å²) in [6.45, 7) is 2.78. The van der Waals surface area contributed by atoms with Crippen molar-refractivity contribution in [2.24, 2.45) is 0 Å². The van der Waals surface area contributed by atoms with E-state index in [1.807, 2.05) is 65.6 Å². The number of benzene rings is 2. The van der Waals surface area contributed by atoms with Gasteiger partial charge in [-0.3, -0.25) is 14.2 Å². The van der Waals surface area contributed by atoms with Gasteiger partial charge in [-0.1, -0.05) is 61.5 Å². The molecule has 2 aromatic heterocycles. The summed E-state index contributed by atoms with van der Waals surface area (Å²) < 4.78 is 3.38. The molecule has 0 bridgehead atoms. The van der Waals surface area contributed by atoms with Crippen molar-refractivity contribution in [3.8, 4) is 5.69 Å². The lowest BCUT2D eigenvalue weighted by Crippen LogP contribution is -2.35. The van der Waals surface area contributed by atoms with Gasteiger partial charge in [0.15, 0.2) is 10.8 Å². The Morgan fingerprint density at radius 2 is 1.85 bits per heavy atom. The third kappa shape index (κ3) is 4.06. The van der Waals surface area contributed by atoms with E-state index in [0.29, 0.717) is 28.5 Å². The van der Waals surface area contributed by atoms with Crippen molar-refractivity contribution < 1.29 is 4.79 Å². The smallest absolute Gasteiger partial charge is 0.265 e. The first-order valence-corrected chi connectivity index (χ1v) is 12.2. The SMILES string of the molecule is CCCCN(C(=O)CC1CSc2nc3c(cnn3-c3ccccc3)c(=O)n21)c1ccccc1. The lowest BCUT2D eigenvalue weighted by atomic mass is 10.1. The molecule has 5 rings (SSSR count). The predicted molar refractivity (Wildman–Crippen MR) is 131 cm³/mol. The highest BCUT2D eigenvalue weighted by Crippen LogP contribution is 2.34. The summed E-state index contributed by atoms with van der Waals surface area (Å²) in [5.41, 5.74) is 2.16. The average Bonchev–Trinajstić information content (AvgIpc) is 3.45. The van der Waals surface area contributed by atoms with E-state index in [9.17, 15) is 9.59 Å². The molecule has 1 aliphatic rings. The molecule has 4 aromatic rings. The Kier molecular flexibility index (Phi) is 6.00. The molecule has 1 unspecified atom stereocenters. The third-order valence-electron chi connectivity index (χ3n) is 5.89. The fourth-order valence-electron chi connectivity index (χ4n) is 4.17. The summed E-state index contributed by atoms with van der Waals surface area (Å²) in [6, 6.07) is 19.2. The zero-order chi connectivity index (χ0) is 22.8. The molecule has 7 nitrogen and oxygen atoms in total. The lowest BCUT2D eigenvalue weighted by Gasteiger charge is -2.24. The Bertz CT molecular complexity index is 1330. The molecule has 0 N–H and O–H groups in total. The summed E-state index contributed by atoms with van der Waals surface area (Å²) in [7, 11) is 0. The van der Waals surface area contributed by atoms with Gasteiger partial charge in [0.1, 0.15) is 5.39 Å². The average molecular weight is 460 g/mol. The molecule has 2 aromatic carbocycles. The molecule has 0 radical (unpaired) electrons. The summed E-state index contributed by atoms with van der Waals surface area (Å²) in [6.07, 6.45) is 3.77. The van der Waals surface area contributed by atoms with Gasteiger partial charge in [-0.05, 0) is 30.7 Å². The molecule has 3 heterocycles. The number of anilines is 1. The number of amides is 1. The minimum absolute atomic E-state index is 0.0278. The van der Waals surface area contributed by atoms with Crippen molar-refractivity contribution in [1.82, 2.24) is 19.3 Å². The molecule has 0 aliphatic carbocycles. The van der Waals surface area contributed by atoms with Gasteiger partial charge in [-0.2, -0.15) is 5.10 Å². The molecule has 1 atom stereocenters. The molecule has 0 fully saturated rings. The van der Waals surface area contributed by atoms with Gasteiger partial charge in [0.05, 0.1) is 17.9 Å². The van der Waals surface area contributed by atoms with Crippen LogP contribution in [0.25, 0.3) is 16.7 Å². The van der Waals surface area contributed by atoms with Crippen LogP contribution in [-0.4, -0.2) is 37.5 Å². The van der Waals surface area contributed by atoms with Crippen LogP contribution in [0.2, 0.25) is 0 Å². The topological polar surface area (TPSA) is 73.0 Å². The number of unbranched alkanes of at least 4 members (excludes halogenated alkanes) is 1. The number of hydrogen-bond donors (Lipinski definition) is 0. The highest BCUT2D eigenvalue weighted by Gasteiger charge is 2.31. The Balaban J connectivity index is 1.46. The largest absolute Gasteiger partial charge is 0.312 e. The first-order valence-electron chi connectivity index (χ1n) is 11.2. The number of para-hydroxylation sites is 2. The second-order valence-electron chi connectivity index (χ2n) is 8.10. The maximum Gasteiger partial charge on any atom is 0.265 e. The Morgan fingerprint density at radius 1 is 1.12 bits per heavy atom. The molecular weight excluding hydrogens is 434 g/mol. The Morgan fingerprint density at radius 3 is 2.58 bits per heavy atom. The standard InChI is InChI=1S/C25H25N5O2S/c1-2-3-14-28(18-10-6-4-7-11-18)22(31)15-20-17-33-25-27-23-21(24(32)29(20)25)16-26-30(23)19-12-8-5-9-13-19/h4-13,16,20H,2-3,14-15,17H2,1H3. The monoisotopic (exact) mass is 459 g/mol. The fraction of sp³-hybridized carbons (Fsp3) is 0.280. The van der Waals surface area contributed by atoms with Crippen LogP contribution in [0.1, 0.15) is 32.2 Å². The highest BCUT2D eigenvalue weighted by atomic mass is 32.2. The molecule has 168 valence electrons. The maximum absolute atomic E-state index is 13.4. The molecule has 8 heteroatoms. The van der Waals surface area contributed by atoms with Crippen molar-refractivity contribution in [2.45, 2.75) is 37.4 Å². The number of fused-ring (bicyclic) bond motifs is 2. The van der Waals surface area contributed by atoms with Crippen LogP contribution in [-0.2, 0) is 4.79 Å². The summed E-state index contributed by atoms with van der Waals surface area (Å²) in [4.78, 5) is 33.4. The number of carbonyl (C=O) groups is 1. The lowest BCUT2D eigenvalue weighted by molar-refractivity contribution is -0.119. The molecule has 33 heavy (non-hydrogen) atoms. The molecule has 0 saturated heterocycles. The quantitative estimate of drug-likeness (QED) is 0.382. The van der Waals surface area contributed by atoms with Crippen molar-refractivity contribution >= 4 is 34.4 Å². The van der Waals surface area contributed by atoms with Crippen molar-refractivity contribution in [3.05, 3.63) is 77.2 Å². The van der Waals surface area contributed by atoms with Gasteiger partial charge in [0.2, 0.25) is 5.91 Å². The number of rotatable bonds is 7. The molecule has 1 amide bonds. The van der Waals surface area contributed by atoms with E-state index in [0.717, 1.165) is 24.2 Å². The van der Waals surface area contributed by atoms with E-state index >= 15 is 0 Å². The van der Waals surface area contributed by atoms with E-state index in [1.54, 1.807) is 15.4 Å². The second-order valence-corrected chi connectivity index (χ2v) is 9.09. The number of nitrogens with zero attached hydrogens (tertiary/aromatic N) is 5. The third-order valence-corrected chi connectivity index (χ3v) is 6.98. The van der Waals surface area contributed by atoms with E-state index in [1.165, 1.54) is 11.8 Å². The van der Waals surface area contributed by atoms with Gasteiger partial charge in [0, 0.05) is 24.4 Å². The van der Waals surface area contributed by atoms with Crippen molar-refractivity contribution in [1.29, 1.82) is 0 Å². The Labute approximate surface area is 196 Å². The zero-order valence-electron chi connectivity index (χ0n) is 18.4. The van der Waals surface area contributed by atoms with Crippen LogP contribution in [0, 0.1) is 0 Å². The van der Waals surface area contributed by atoms with Crippen LogP contribution in [0.4, 0.5) is 5.69 Å². The Hall–Kier alpha value is -3.39. The summed E-state index contributed by atoms with van der Waals surface area (Å²) in [5.74, 6) is 0.676. The second kappa shape index (κ2) is 9.23. The predicted octanol–water partition coefficient (Wildman–Crippen LogP) is 4.45. The molecule has 0 saturated carbocycles. The van der Waals surface area contributed by atoms with Crippen LogP contribution in [0.5, 0.6) is 0 Å². The van der Waals surface area contributed by atoms with Crippen molar-refractivity contribution in [2.75, 3.05) is 17.2 Å². The minimum Gasteiger partial charge on any atom is -0.312 e. The van der Waals surface area contributed by atoms with E-state index in [4.69, 9.17) is 4.98 Å². The molecular formula is C25H25N5O2S. The van der Waals surface area contributed by atoms with Crippen molar-refractivity contribution in [3.63, 3.8) is 0 Å². The first kappa shape index (κ1) is 21.5. The van der Waals surface area contributed by atoms with Gasteiger partial charge >= 0.3 is 0 Å². The van der Waals surface area contributed by atoms with Gasteiger partial charge in [-0.25, -0.2) is 9.67 Å². The summed E-state index contributed by atoms with van der Waals surface area (Å²) in [5, 5.41) is 5.52. The number of carbonyl (C=O) groups excluding carboxylic acids is 1. The normalized spacial score (nSPS) is 15.0. The van der Waals surface area contributed by atoms with E-state index in [2.05, 4.69) is 12.0 Å². The molecule has 1 aliphatic heterocycles. The fourth-order valence-corrected chi connectivity index (χ4v) is 5.30. The van der Waals surface area contributed by atoms with E-state index < -0.39 is 0 Å². The first-order chi connectivity index (χ1) is 16.2. The number of aromatic nitrogens is 4. The van der Waals surface area contributed by atoms with Crippen LogP contribution in [0.15, 0.2) is 76.8 Å². The molecule has 0 spiro atoms. The van der Waals surface area contributed by atoms with E-state index in [-0.39, 0.29) is 23.9 Å². The van der Waals surface area contributed by atoms with Crippen LogP contribution >= 0.6 is 11.8 Å². The van der Waals surface area contributed by atoms with Gasteiger partial charge < -0.3 is 4.90 Å². The maximum atomic E-state index is 13.4. The summed E-state index contributed by atoms with van der Waals surface area (Å²) >= 11 is 1.52. The van der Waals surface area contributed by atoms with Gasteiger partial charge in [0.25, 0.3) is 5.56 Å². The highest BCUT2D eigenvalue weighted by molar-refractivity contribution is 7.99. The van der Waals surface area contributed by atoms with Gasteiger partial charge in [-0.15, -0.1) is 0 Å². The zero-order valence-corrected chi connectivity index (χ0v) is 19.2. The van der Waals surface area contributed by atoms with Crippen LogP contribution in [0.3, 0.4) is 0 Å². The number of hydrogen-bond acceptors (Lipinski definition) is 5. The minimum atomic E-state index is -0.227. The van der Waals surface area contributed by atoms with Crippen LogP contribution < -0.4 is 10.5 Å².